The lowest BCUT2D eigenvalue weighted by Gasteiger charge is -2.18. The van der Waals surface area contributed by atoms with Crippen LogP contribution < -0.4 is 4.90 Å². The van der Waals surface area contributed by atoms with E-state index in [1.165, 1.54) is 30.3 Å². The van der Waals surface area contributed by atoms with Crippen LogP contribution in [0.3, 0.4) is 0 Å². The maximum atomic E-state index is 12.7. The Morgan fingerprint density at radius 3 is 2.64 bits per heavy atom. The summed E-state index contributed by atoms with van der Waals surface area (Å²) in [6.45, 7) is 3.65. The molecule has 0 radical (unpaired) electrons. The number of anilines is 1. The van der Waals surface area contributed by atoms with Crippen molar-refractivity contribution in [2.24, 2.45) is 0 Å². The van der Waals surface area contributed by atoms with Gasteiger partial charge < -0.3 is 9.64 Å². The Labute approximate surface area is 158 Å². The lowest BCUT2D eigenvalue weighted by molar-refractivity contribution is -0.123. The number of ether oxygens (including phenoxy) is 1. The fourth-order valence-electron chi connectivity index (χ4n) is 3.56. The van der Waals surface area contributed by atoms with E-state index in [-0.39, 0.29) is 12.0 Å². The summed E-state index contributed by atoms with van der Waals surface area (Å²) >= 11 is 6.80. The van der Waals surface area contributed by atoms with Gasteiger partial charge in [-0.05, 0) is 49.5 Å². The molecule has 25 heavy (non-hydrogen) atoms. The van der Waals surface area contributed by atoms with E-state index in [1.807, 2.05) is 6.08 Å². The number of hydrogen-bond acceptors (Lipinski definition) is 5. The van der Waals surface area contributed by atoms with E-state index in [2.05, 4.69) is 29.2 Å². The van der Waals surface area contributed by atoms with Gasteiger partial charge in [-0.3, -0.25) is 9.69 Å². The molecule has 3 aliphatic rings. The second-order valence-electron chi connectivity index (χ2n) is 6.71. The molecule has 1 aromatic carbocycles. The van der Waals surface area contributed by atoms with Crippen molar-refractivity contribution in [3.63, 3.8) is 0 Å². The van der Waals surface area contributed by atoms with Crippen molar-refractivity contribution in [3.8, 4) is 0 Å². The predicted octanol–water partition coefficient (Wildman–Crippen LogP) is 3.67. The van der Waals surface area contributed by atoms with Crippen molar-refractivity contribution < 1.29 is 9.53 Å². The summed E-state index contributed by atoms with van der Waals surface area (Å²) in [6, 6.07) is 8.45. The first-order valence-electron chi connectivity index (χ1n) is 8.93. The quantitative estimate of drug-likeness (QED) is 0.593. The van der Waals surface area contributed by atoms with Crippen LogP contribution in [0.4, 0.5) is 5.69 Å². The zero-order chi connectivity index (χ0) is 17.2. The van der Waals surface area contributed by atoms with E-state index < -0.39 is 0 Å². The Kier molecular flexibility index (Phi) is 5.10. The van der Waals surface area contributed by atoms with Gasteiger partial charge in [0.25, 0.3) is 5.91 Å². The van der Waals surface area contributed by atoms with Crippen LogP contribution in [0.1, 0.15) is 31.2 Å². The third-order valence-electron chi connectivity index (χ3n) is 4.95. The van der Waals surface area contributed by atoms with Crippen molar-refractivity contribution in [2.75, 3.05) is 31.1 Å². The monoisotopic (exact) mass is 374 g/mol. The van der Waals surface area contributed by atoms with Gasteiger partial charge in [-0.25, -0.2) is 0 Å². The highest BCUT2D eigenvalue weighted by Gasteiger charge is 2.34. The van der Waals surface area contributed by atoms with Crippen LogP contribution in [-0.4, -0.2) is 47.5 Å². The molecule has 0 saturated carbocycles. The van der Waals surface area contributed by atoms with Gasteiger partial charge in [0.15, 0.2) is 0 Å². The van der Waals surface area contributed by atoms with Crippen LogP contribution in [0.15, 0.2) is 29.2 Å². The lowest BCUT2D eigenvalue weighted by atomic mass is 10.1. The highest BCUT2D eigenvalue weighted by molar-refractivity contribution is 8.26. The van der Waals surface area contributed by atoms with Crippen molar-refractivity contribution in [2.45, 2.75) is 31.8 Å². The zero-order valence-corrected chi connectivity index (χ0v) is 15.8. The Morgan fingerprint density at radius 2 is 1.96 bits per heavy atom. The molecule has 1 amide bonds. The minimum absolute atomic E-state index is 0.00844. The molecule has 3 heterocycles. The summed E-state index contributed by atoms with van der Waals surface area (Å²) < 4.78 is 6.28. The molecule has 0 aliphatic carbocycles. The zero-order valence-electron chi connectivity index (χ0n) is 14.1. The predicted molar refractivity (Wildman–Crippen MR) is 107 cm³/mol. The van der Waals surface area contributed by atoms with Crippen molar-refractivity contribution >= 4 is 46.0 Å². The number of rotatable bonds is 4. The van der Waals surface area contributed by atoms with Gasteiger partial charge in [0.05, 0.1) is 17.6 Å². The molecule has 1 aromatic rings. The minimum Gasteiger partial charge on any atom is -0.376 e. The molecule has 0 bridgehead atoms. The number of amides is 1. The third-order valence-corrected chi connectivity index (χ3v) is 6.32. The van der Waals surface area contributed by atoms with Crippen molar-refractivity contribution in [3.05, 3.63) is 34.7 Å². The molecule has 0 spiro atoms. The van der Waals surface area contributed by atoms with E-state index >= 15 is 0 Å². The molecular weight excluding hydrogens is 352 g/mol. The Balaban J connectivity index is 1.45. The van der Waals surface area contributed by atoms with Gasteiger partial charge in [-0.2, -0.15) is 0 Å². The van der Waals surface area contributed by atoms with Gasteiger partial charge in [0, 0.05) is 25.4 Å². The summed E-state index contributed by atoms with van der Waals surface area (Å²) in [5.41, 5.74) is 2.31. The van der Waals surface area contributed by atoms with E-state index in [0.29, 0.717) is 15.8 Å². The normalized spacial score (nSPS) is 25.6. The summed E-state index contributed by atoms with van der Waals surface area (Å²) in [6.07, 6.45) is 6.70. The molecule has 3 fully saturated rings. The molecule has 4 rings (SSSR count). The van der Waals surface area contributed by atoms with Crippen LogP contribution in [0.25, 0.3) is 6.08 Å². The van der Waals surface area contributed by atoms with Crippen LogP contribution in [0.5, 0.6) is 0 Å². The molecule has 1 atom stereocenters. The number of thiocarbonyl (C=S) groups is 1. The molecule has 3 aliphatic heterocycles. The first-order chi connectivity index (χ1) is 12.2. The number of hydrogen-bond donors (Lipinski definition) is 0. The molecule has 132 valence electrons. The molecule has 0 N–H and O–H groups in total. The molecule has 3 saturated heterocycles. The van der Waals surface area contributed by atoms with Gasteiger partial charge in [-0.15, -0.1) is 0 Å². The SMILES string of the molecule is O=C1/C(=C/c2ccc(N3CCCC3)cc2)SC(=S)N1C[C@H]1CCCO1. The van der Waals surface area contributed by atoms with Gasteiger partial charge >= 0.3 is 0 Å². The van der Waals surface area contributed by atoms with Crippen LogP contribution in [-0.2, 0) is 9.53 Å². The average molecular weight is 375 g/mol. The molecule has 0 unspecified atom stereocenters. The summed E-state index contributed by atoms with van der Waals surface area (Å²) in [4.78, 5) is 17.5. The van der Waals surface area contributed by atoms with E-state index in [4.69, 9.17) is 17.0 Å². The summed E-state index contributed by atoms with van der Waals surface area (Å²) in [5.74, 6) is 0.00844. The van der Waals surface area contributed by atoms with E-state index in [9.17, 15) is 4.79 Å². The fraction of sp³-hybridized carbons (Fsp3) is 0.474. The van der Waals surface area contributed by atoms with Crippen molar-refractivity contribution in [1.82, 2.24) is 4.90 Å². The highest BCUT2D eigenvalue weighted by atomic mass is 32.2. The van der Waals surface area contributed by atoms with Crippen LogP contribution in [0, 0.1) is 0 Å². The summed E-state index contributed by atoms with van der Waals surface area (Å²) in [5, 5.41) is 0. The second kappa shape index (κ2) is 7.48. The van der Waals surface area contributed by atoms with Gasteiger partial charge in [-0.1, -0.05) is 36.1 Å². The fourth-order valence-corrected chi connectivity index (χ4v) is 4.83. The maximum Gasteiger partial charge on any atom is 0.266 e. The second-order valence-corrected chi connectivity index (χ2v) is 8.39. The first-order valence-corrected chi connectivity index (χ1v) is 10.2. The smallest absolute Gasteiger partial charge is 0.266 e. The van der Waals surface area contributed by atoms with E-state index in [1.54, 1.807) is 4.90 Å². The molecular formula is C19H22N2O2S2. The summed E-state index contributed by atoms with van der Waals surface area (Å²) in [7, 11) is 0. The Morgan fingerprint density at radius 1 is 1.20 bits per heavy atom. The van der Waals surface area contributed by atoms with Crippen LogP contribution >= 0.6 is 24.0 Å². The topological polar surface area (TPSA) is 32.8 Å². The number of carbonyl (C=O) groups excluding carboxylic acids is 1. The molecule has 6 heteroatoms. The lowest BCUT2D eigenvalue weighted by Crippen LogP contribution is -2.35. The Bertz CT molecular complexity index is 690. The number of benzene rings is 1. The van der Waals surface area contributed by atoms with Gasteiger partial charge in [0.2, 0.25) is 0 Å². The van der Waals surface area contributed by atoms with E-state index in [0.717, 1.165) is 38.1 Å². The van der Waals surface area contributed by atoms with Gasteiger partial charge in [0.1, 0.15) is 4.32 Å². The third kappa shape index (κ3) is 3.76. The number of carbonyl (C=O) groups is 1. The minimum atomic E-state index is 0.00844. The van der Waals surface area contributed by atoms with Crippen LogP contribution in [0.2, 0.25) is 0 Å². The average Bonchev–Trinajstić information content (AvgIpc) is 3.36. The molecule has 4 nitrogen and oxygen atoms in total. The van der Waals surface area contributed by atoms with Crippen molar-refractivity contribution in [1.29, 1.82) is 0 Å². The maximum absolute atomic E-state index is 12.7. The Hall–Kier alpha value is -1.37. The number of nitrogens with zero attached hydrogens (tertiary/aromatic N) is 2. The highest BCUT2D eigenvalue weighted by Crippen LogP contribution is 2.33. The first kappa shape index (κ1) is 17.1. The molecule has 0 aromatic heterocycles. The standard InChI is InChI=1S/C19H22N2O2S2/c22-18-17(25-19(24)21(18)13-16-4-3-11-23-16)12-14-5-7-15(8-6-14)20-9-1-2-10-20/h5-8,12,16H,1-4,9-11,13H2/b17-12-/t16-/m1/s1. The number of thioether (sulfide) groups is 1. The largest absolute Gasteiger partial charge is 0.376 e.